The molecule has 2 aromatic rings. The summed E-state index contributed by atoms with van der Waals surface area (Å²) < 4.78 is 4.62. The molecule has 0 saturated heterocycles. The molecule has 0 radical (unpaired) electrons. The van der Waals surface area contributed by atoms with Gasteiger partial charge in [0, 0.05) is 15.5 Å². The van der Waals surface area contributed by atoms with Gasteiger partial charge < -0.3 is 4.74 Å². The van der Waals surface area contributed by atoms with E-state index in [0.29, 0.717) is 17.9 Å². The van der Waals surface area contributed by atoms with Crippen molar-refractivity contribution in [1.82, 2.24) is 0 Å². The van der Waals surface area contributed by atoms with Crippen molar-refractivity contribution < 1.29 is 14.3 Å². The Kier molecular flexibility index (Phi) is 5.48. The van der Waals surface area contributed by atoms with Crippen LogP contribution in [-0.4, -0.2) is 30.5 Å². The number of nitrogens with zero attached hydrogens (tertiary/aromatic N) is 1. The Labute approximate surface area is 149 Å². The maximum Gasteiger partial charge on any atom is 0.306 e. The van der Waals surface area contributed by atoms with E-state index in [0.717, 1.165) is 21.2 Å². The molecule has 0 saturated carbocycles. The molecular formula is C18H17NO3S2. The van der Waals surface area contributed by atoms with Crippen LogP contribution in [-0.2, 0) is 14.3 Å². The Hall–Kier alpha value is -1.92. The Balaban J connectivity index is 1.77. The number of thioether (sulfide) groups is 1. The fraction of sp³-hybridized carbons (Fsp3) is 0.222. The normalized spacial score (nSPS) is 12.3. The predicted molar refractivity (Wildman–Crippen MR) is 98.1 cm³/mol. The highest BCUT2D eigenvalue weighted by Crippen LogP contribution is 2.47. The van der Waals surface area contributed by atoms with E-state index in [9.17, 15) is 9.59 Å². The van der Waals surface area contributed by atoms with Gasteiger partial charge in [0.25, 0.3) is 0 Å². The van der Waals surface area contributed by atoms with E-state index in [4.69, 9.17) is 0 Å². The van der Waals surface area contributed by atoms with Crippen LogP contribution in [0.1, 0.15) is 6.42 Å². The van der Waals surface area contributed by atoms with Crippen molar-refractivity contribution in [3.8, 4) is 0 Å². The maximum absolute atomic E-state index is 12.8. The van der Waals surface area contributed by atoms with Crippen LogP contribution < -0.4 is 4.90 Å². The molecule has 0 atom stereocenters. The molecule has 1 aliphatic heterocycles. The second-order valence-corrected chi connectivity index (χ2v) is 7.33. The van der Waals surface area contributed by atoms with Gasteiger partial charge in [-0.2, -0.15) is 11.8 Å². The summed E-state index contributed by atoms with van der Waals surface area (Å²) in [5.41, 5.74) is 1.83. The molecule has 0 unspecified atom stereocenters. The van der Waals surface area contributed by atoms with E-state index in [1.807, 2.05) is 48.5 Å². The molecule has 0 aromatic heterocycles. The molecule has 3 rings (SSSR count). The number of rotatable bonds is 5. The van der Waals surface area contributed by atoms with Gasteiger partial charge in [0.15, 0.2) is 0 Å². The van der Waals surface area contributed by atoms with Crippen LogP contribution in [0, 0.1) is 0 Å². The van der Waals surface area contributed by atoms with Crippen LogP contribution in [0.4, 0.5) is 11.4 Å². The minimum Gasteiger partial charge on any atom is -0.469 e. The molecule has 4 nitrogen and oxygen atoms in total. The van der Waals surface area contributed by atoms with Crippen molar-refractivity contribution in [3.05, 3.63) is 48.5 Å². The number of anilines is 2. The molecule has 6 heteroatoms. The summed E-state index contributed by atoms with van der Waals surface area (Å²) >= 11 is 3.13. The van der Waals surface area contributed by atoms with E-state index in [1.165, 1.54) is 18.9 Å². The Morgan fingerprint density at radius 3 is 2.21 bits per heavy atom. The van der Waals surface area contributed by atoms with Crippen LogP contribution in [0.2, 0.25) is 0 Å². The van der Waals surface area contributed by atoms with Crippen molar-refractivity contribution in [2.75, 3.05) is 23.5 Å². The van der Waals surface area contributed by atoms with Gasteiger partial charge in [0.1, 0.15) is 0 Å². The number of carbonyl (C=O) groups excluding carboxylic acids is 2. The number of ether oxygens (including phenoxy) is 1. The number of fused-ring (bicyclic) bond motifs is 2. The lowest BCUT2D eigenvalue weighted by Crippen LogP contribution is -2.30. The molecule has 0 spiro atoms. The van der Waals surface area contributed by atoms with E-state index < -0.39 is 0 Å². The molecule has 1 heterocycles. The highest BCUT2D eigenvalue weighted by atomic mass is 32.2. The Morgan fingerprint density at radius 1 is 1.04 bits per heavy atom. The lowest BCUT2D eigenvalue weighted by atomic mass is 10.2. The average molecular weight is 359 g/mol. The second kappa shape index (κ2) is 7.77. The van der Waals surface area contributed by atoms with Gasteiger partial charge >= 0.3 is 5.97 Å². The molecule has 0 fully saturated rings. The van der Waals surface area contributed by atoms with Crippen LogP contribution in [0.25, 0.3) is 0 Å². The third-order valence-corrected chi connectivity index (χ3v) is 5.66. The van der Waals surface area contributed by atoms with Crippen molar-refractivity contribution >= 4 is 46.8 Å². The topological polar surface area (TPSA) is 46.6 Å². The summed E-state index contributed by atoms with van der Waals surface area (Å²) in [6.45, 7) is 0. The number of amides is 1. The van der Waals surface area contributed by atoms with E-state index in [1.54, 1.807) is 16.7 Å². The zero-order valence-corrected chi connectivity index (χ0v) is 14.9. The Morgan fingerprint density at radius 2 is 1.62 bits per heavy atom. The van der Waals surface area contributed by atoms with Gasteiger partial charge in [-0.25, -0.2) is 0 Å². The van der Waals surface area contributed by atoms with Gasteiger partial charge in [0.2, 0.25) is 5.91 Å². The van der Waals surface area contributed by atoms with Crippen molar-refractivity contribution in [2.24, 2.45) is 0 Å². The Bertz CT molecular complexity index is 718. The summed E-state index contributed by atoms with van der Waals surface area (Å²) in [5.74, 6) is 0.666. The zero-order valence-electron chi connectivity index (χ0n) is 13.2. The number of esters is 1. The molecule has 2 aromatic carbocycles. The first-order valence-corrected chi connectivity index (χ1v) is 9.51. The lowest BCUT2D eigenvalue weighted by Gasteiger charge is -2.31. The quantitative estimate of drug-likeness (QED) is 0.594. The van der Waals surface area contributed by atoms with Crippen LogP contribution in [0.15, 0.2) is 58.3 Å². The third kappa shape index (κ3) is 3.60. The van der Waals surface area contributed by atoms with Crippen LogP contribution in [0.3, 0.4) is 0 Å². The third-order valence-electron chi connectivity index (χ3n) is 3.59. The highest BCUT2D eigenvalue weighted by Gasteiger charge is 2.27. The number of para-hydroxylation sites is 2. The molecule has 0 bridgehead atoms. The van der Waals surface area contributed by atoms with Crippen molar-refractivity contribution in [3.63, 3.8) is 0 Å². The number of methoxy groups -OCH3 is 1. The summed E-state index contributed by atoms with van der Waals surface area (Å²) in [6.07, 6.45) is 0.317. The zero-order chi connectivity index (χ0) is 16.9. The SMILES string of the molecule is COC(=O)CCSCC(=O)N1c2ccccc2Sc2ccccc21. The molecule has 1 amide bonds. The number of benzene rings is 2. The smallest absolute Gasteiger partial charge is 0.306 e. The average Bonchev–Trinajstić information content (AvgIpc) is 2.62. The number of hydrogen-bond donors (Lipinski definition) is 0. The van der Waals surface area contributed by atoms with E-state index >= 15 is 0 Å². The first kappa shape index (κ1) is 16.9. The van der Waals surface area contributed by atoms with Gasteiger partial charge in [0.05, 0.1) is 30.7 Å². The van der Waals surface area contributed by atoms with E-state index in [2.05, 4.69) is 4.74 Å². The van der Waals surface area contributed by atoms with E-state index in [-0.39, 0.29) is 11.9 Å². The lowest BCUT2D eigenvalue weighted by molar-refractivity contribution is -0.140. The molecule has 1 aliphatic rings. The standard InChI is InChI=1S/C18H17NO3S2/c1-22-18(21)10-11-23-12-17(20)19-13-6-2-4-8-15(13)24-16-9-5-3-7-14(16)19/h2-9H,10-12H2,1H3. The van der Waals surface area contributed by atoms with Crippen LogP contribution in [0.5, 0.6) is 0 Å². The monoisotopic (exact) mass is 359 g/mol. The van der Waals surface area contributed by atoms with Crippen LogP contribution >= 0.6 is 23.5 Å². The van der Waals surface area contributed by atoms with Crippen molar-refractivity contribution in [2.45, 2.75) is 16.2 Å². The van der Waals surface area contributed by atoms with Gasteiger partial charge in [-0.1, -0.05) is 36.0 Å². The van der Waals surface area contributed by atoms with Crippen molar-refractivity contribution in [1.29, 1.82) is 0 Å². The molecule has 0 N–H and O–H groups in total. The van der Waals surface area contributed by atoms with Gasteiger partial charge in [-0.15, -0.1) is 0 Å². The largest absolute Gasteiger partial charge is 0.469 e. The minimum absolute atomic E-state index is 0.0186. The molecule has 24 heavy (non-hydrogen) atoms. The second-order valence-electron chi connectivity index (χ2n) is 5.15. The number of carbonyl (C=O) groups is 2. The highest BCUT2D eigenvalue weighted by molar-refractivity contribution is 8.00. The first-order chi connectivity index (χ1) is 11.7. The van der Waals surface area contributed by atoms with Gasteiger partial charge in [-0.05, 0) is 24.3 Å². The molecule has 124 valence electrons. The fourth-order valence-corrected chi connectivity index (χ4v) is 4.27. The fourth-order valence-electron chi connectivity index (χ4n) is 2.45. The maximum atomic E-state index is 12.8. The summed E-state index contributed by atoms with van der Waals surface area (Å²) in [7, 11) is 1.37. The minimum atomic E-state index is -0.250. The summed E-state index contributed by atoms with van der Waals surface area (Å²) in [4.78, 5) is 27.9. The predicted octanol–water partition coefficient (Wildman–Crippen LogP) is 4.11. The summed E-state index contributed by atoms with van der Waals surface area (Å²) in [5, 5.41) is 0. The van der Waals surface area contributed by atoms with Gasteiger partial charge in [-0.3, -0.25) is 14.5 Å². The first-order valence-electron chi connectivity index (χ1n) is 7.54. The molecular weight excluding hydrogens is 342 g/mol. The number of hydrogen-bond acceptors (Lipinski definition) is 5. The molecule has 0 aliphatic carbocycles. The summed E-state index contributed by atoms with van der Waals surface area (Å²) in [6, 6.07) is 15.8.